The SMILES string of the molecule is CC1(C)c2ccc(N)cc2CCN1CCO.Cl. The zero-order valence-electron chi connectivity index (χ0n) is 10.4. The van der Waals surface area contributed by atoms with Crippen molar-refractivity contribution < 1.29 is 5.11 Å². The molecule has 1 aliphatic heterocycles. The van der Waals surface area contributed by atoms with Crippen LogP contribution in [0.5, 0.6) is 0 Å². The smallest absolute Gasteiger partial charge is 0.0558 e. The molecule has 0 bridgehead atoms. The van der Waals surface area contributed by atoms with Crippen molar-refractivity contribution in [3.63, 3.8) is 0 Å². The van der Waals surface area contributed by atoms with Gasteiger partial charge in [0.2, 0.25) is 0 Å². The average molecular weight is 257 g/mol. The zero-order valence-corrected chi connectivity index (χ0v) is 11.3. The molecule has 1 heterocycles. The zero-order chi connectivity index (χ0) is 11.8. The molecule has 96 valence electrons. The summed E-state index contributed by atoms with van der Waals surface area (Å²) in [6.07, 6.45) is 1.02. The first-order valence-corrected chi connectivity index (χ1v) is 5.80. The summed E-state index contributed by atoms with van der Waals surface area (Å²) in [5.74, 6) is 0. The lowest BCUT2D eigenvalue weighted by molar-refractivity contribution is 0.0823. The molecule has 4 heteroatoms. The molecule has 3 N–H and O–H groups in total. The van der Waals surface area contributed by atoms with Crippen molar-refractivity contribution in [1.29, 1.82) is 0 Å². The highest BCUT2D eigenvalue weighted by atomic mass is 35.5. The lowest BCUT2D eigenvalue weighted by Crippen LogP contribution is -2.47. The van der Waals surface area contributed by atoms with Crippen LogP contribution in [0.4, 0.5) is 5.69 Å². The van der Waals surface area contributed by atoms with E-state index in [1.807, 2.05) is 6.07 Å². The van der Waals surface area contributed by atoms with Gasteiger partial charge in [-0.3, -0.25) is 4.90 Å². The minimum atomic E-state index is -0.00991. The molecule has 1 aromatic carbocycles. The number of β-amino-alcohol motifs (C(OH)–C–C–N with tert-alkyl or cyclic N) is 1. The molecule has 2 rings (SSSR count). The van der Waals surface area contributed by atoms with Crippen LogP contribution in [-0.4, -0.2) is 29.7 Å². The van der Waals surface area contributed by atoms with Gasteiger partial charge in [0.05, 0.1) is 6.61 Å². The molecule has 0 amide bonds. The number of anilines is 1. The molecule has 0 unspecified atom stereocenters. The summed E-state index contributed by atoms with van der Waals surface area (Å²) in [7, 11) is 0. The summed E-state index contributed by atoms with van der Waals surface area (Å²) in [5, 5.41) is 9.08. The number of hydrogen-bond donors (Lipinski definition) is 2. The quantitative estimate of drug-likeness (QED) is 0.793. The fourth-order valence-corrected chi connectivity index (χ4v) is 2.63. The lowest BCUT2D eigenvalue weighted by Gasteiger charge is -2.43. The van der Waals surface area contributed by atoms with Gasteiger partial charge in [-0.2, -0.15) is 0 Å². The number of hydrogen-bond acceptors (Lipinski definition) is 3. The minimum absolute atomic E-state index is 0. The molecular weight excluding hydrogens is 236 g/mol. The Morgan fingerprint density at radius 2 is 2.12 bits per heavy atom. The first-order chi connectivity index (χ1) is 7.55. The summed E-state index contributed by atoms with van der Waals surface area (Å²) in [6.45, 7) is 6.35. The summed E-state index contributed by atoms with van der Waals surface area (Å²) in [6, 6.07) is 6.16. The Kier molecular flexibility index (Phi) is 4.42. The van der Waals surface area contributed by atoms with E-state index >= 15 is 0 Å². The van der Waals surface area contributed by atoms with Crippen LogP contribution in [0.1, 0.15) is 25.0 Å². The first-order valence-electron chi connectivity index (χ1n) is 5.80. The predicted octanol–water partition coefficient (Wildman–Crippen LogP) is 1.78. The maximum absolute atomic E-state index is 9.08. The van der Waals surface area contributed by atoms with Crippen molar-refractivity contribution in [1.82, 2.24) is 4.90 Å². The van der Waals surface area contributed by atoms with Crippen molar-refractivity contribution >= 4 is 18.1 Å². The highest BCUT2D eigenvalue weighted by molar-refractivity contribution is 5.85. The van der Waals surface area contributed by atoms with Gasteiger partial charge in [0.25, 0.3) is 0 Å². The van der Waals surface area contributed by atoms with E-state index in [9.17, 15) is 0 Å². The van der Waals surface area contributed by atoms with E-state index in [0.29, 0.717) is 0 Å². The Morgan fingerprint density at radius 1 is 1.41 bits per heavy atom. The molecular formula is C13H21ClN2O. The van der Waals surface area contributed by atoms with E-state index in [2.05, 4.69) is 30.9 Å². The van der Waals surface area contributed by atoms with Crippen LogP contribution in [0.15, 0.2) is 18.2 Å². The van der Waals surface area contributed by atoms with Gasteiger partial charge < -0.3 is 10.8 Å². The van der Waals surface area contributed by atoms with E-state index in [-0.39, 0.29) is 24.6 Å². The van der Waals surface area contributed by atoms with Crippen LogP contribution in [0, 0.1) is 0 Å². The summed E-state index contributed by atoms with van der Waals surface area (Å²) in [5.41, 5.74) is 9.32. The van der Waals surface area contributed by atoms with E-state index < -0.39 is 0 Å². The molecule has 0 aliphatic carbocycles. The largest absolute Gasteiger partial charge is 0.399 e. The highest BCUT2D eigenvalue weighted by Gasteiger charge is 2.33. The summed E-state index contributed by atoms with van der Waals surface area (Å²) >= 11 is 0. The van der Waals surface area contributed by atoms with Crippen LogP contribution in [0.3, 0.4) is 0 Å². The monoisotopic (exact) mass is 256 g/mol. The molecule has 0 radical (unpaired) electrons. The van der Waals surface area contributed by atoms with Crippen LogP contribution in [-0.2, 0) is 12.0 Å². The second-order valence-corrected chi connectivity index (χ2v) is 4.94. The normalized spacial score (nSPS) is 18.3. The molecule has 3 nitrogen and oxygen atoms in total. The Bertz CT molecular complexity index is 393. The first kappa shape index (κ1) is 14.3. The highest BCUT2D eigenvalue weighted by Crippen LogP contribution is 2.35. The third-order valence-corrected chi connectivity index (χ3v) is 3.60. The van der Waals surface area contributed by atoms with Crippen LogP contribution in [0.2, 0.25) is 0 Å². The van der Waals surface area contributed by atoms with Crippen molar-refractivity contribution in [3.05, 3.63) is 29.3 Å². The van der Waals surface area contributed by atoms with Crippen LogP contribution in [0.25, 0.3) is 0 Å². The maximum atomic E-state index is 9.08. The molecule has 0 saturated carbocycles. The predicted molar refractivity (Wildman–Crippen MR) is 73.5 cm³/mol. The number of aliphatic hydroxyl groups excluding tert-OH is 1. The number of halogens is 1. The Labute approximate surface area is 109 Å². The van der Waals surface area contributed by atoms with Crippen molar-refractivity contribution in [2.45, 2.75) is 25.8 Å². The van der Waals surface area contributed by atoms with Gasteiger partial charge in [0.15, 0.2) is 0 Å². The van der Waals surface area contributed by atoms with Crippen LogP contribution < -0.4 is 5.73 Å². The van der Waals surface area contributed by atoms with Crippen molar-refractivity contribution in [3.8, 4) is 0 Å². The Morgan fingerprint density at radius 3 is 2.76 bits per heavy atom. The fourth-order valence-electron chi connectivity index (χ4n) is 2.63. The molecule has 0 saturated heterocycles. The topological polar surface area (TPSA) is 49.5 Å². The van der Waals surface area contributed by atoms with Crippen molar-refractivity contribution in [2.75, 3.05) is 25.4 Å². The van der Waals surface area contributed by atoms with E-state index in [1.54, 1.807) is 0 Å². The van der Waals surface area contributed by atoms with Gasteiger partial charge in [-0.1, -0.05) is 6.07 Å². The third-order valence-electron chi connectivity index (χ3n) is 3.60. The summed E-state index contributed by atoms with van der Waals surface area (Å²) < 4.78 is 0. The van der Waals surface area contributed by atoms with E-state index in [0.717, 1.165) is 25.2 Å². The fraction of sp³-hybridized carbons (Fsp3) is 0.538. The summed E-state index contributed by atoms with van der Waals surface area (Å²) in [4.78, 5) is 2.32. The molecule has 0 atom stereocenters. The minimum Gasteiger partial charge on any atom is -0.399 e. The number of benzene rings is 1. The van der Waals surface area contributed by atoms with E-state index in [1.165, 1.54) is 11.1 Å². The van der Waals surface area contributed by atoms with Gasteiger partial charge in [0.1, 0.15) is 0 Å². The Hall–Kier alpha value is -0.770. The number of fused-ring (bicyclic) bond motifs is 1. The number of nitrogens with two attached hydrogens (primary N) is 1. The number of nitrogen functional groups attached to an aromatic ring is 1. The molecule has 0 fully saturated rings. The maximum Gasteiger partial charge on any atom is 0.0558 e. The molecule has 0 spiro atoms. The molecule has 1 aliphatic rings. The third kappa shape index (κ3) is 2.57. The Balaban J connectivity index is 0.00000144. The van der Waals surface area contributed by atoms with Crippen molar-refractivity contribution in [2.24, 2.45) is 0 Å². The second-order valence-electron chi connectivity index (χ2n) is 4.94. The number of aliphatic hydroxyl groups is 1. The molecule has 0 aromatic heterocycles. The second kappa shape index (κ2) is 5.25. The molecule has 1 aromatic rings. The standard InChI is InChI=1S/C13H20N2O.ClH/c1-13(2)12-4-3-11(14)9-10(12)5-6-15(13)7-8-16;/h3-4,9,16H,5-8,14H2,1-2H3;1H. The van der Waals surface area contributed by atoms with Gasteiger partial charge in [0, 0.05) is 24.3 Å². The van der Waals surface area contributed by atoms with Gasteiger partial charge in [-0.05, 0) is 43.5 Å². The lowest BCUT2D eigenvalue weighted by atomic mass is 9.83. The number of rotatable bonds is 2. The average Bonchev–Trinajstić information content (AvgIpc) is 2.22. The van der Waals surface area contributed by atoms with Gasteiger partial charge in [-0.15, -0.1) is 12.4 Å². The van der Waals surface area contributed by atoms with Gasteiger partial charge >= 0.3 is 0 Å². The van der Waals surface area contributed by atoms with Gasteiger partial charge in [-0.25, -0.2) is 0 Å². The number of nitrogens with zero attached hydrogens (tertiary/aromatic N) is 1. The van der Waals surface area contributed by atoms with E-state index in [4.69, 9.17) is 10.8 Å². The molecule has 17 heavy (non-hydrogen) atoms. The van der Waals surface area contributed by atoms with Crippen LogP contribution >= 0.6 is 12.4 Å².